The van der Waals surface area contributed by atoms with Gasteiger partial charge in [-0.1, -0.05) is 17.7 Å². The maximum atomic E-state index is 12.2. The molecule has 0 saturated carbocycles. The monoisotopic (exact) mass is 217 g/mol. The Morgan fingerprint density at radius 2 is 2.44 bits per heavy atom. The van der Waals surface area contributed by atoms with E-state index in [-0.39, 0.29) is 11.9 Å². The van der Waals surface area contributed by atoms with E-state index in [9.17, 15) is 4.79 Å². The largest absolute Gasteiger partial charge is 0.333 e. The van der Waals surface area contributed by atoms with Crippen LogP contribution < -0.4 is 5.32 Å². The molecule has 1 fully saturated rings. The van der Waals surface area contributed by atoms with Gasteiger partial charge in [-0.3, -0.25) is 4.79 Å². The first-order chi connectivity index (χ1) is 7.68. The van der Waals surface area contributed by atoms with E-state index in [1.54, 1.807) is 0 Å². The van der Waals surface area contributed by atoms with E-state index in [0.29, 0.717) is 5.56 Å². The van der Waals surface area contributed by atoms with Crippen molar-refractivity contribution in [2.75, 3.05) is 19.6 Å². The molecule has 1 aromatic rings. The number of benzene rings is 1. The molecule has 0 aromatic heterocycles. The topological polar surface area (TPSA) is 32.3 Å². The Morgan fingerprint density at radius 1 is 1.62 bits per heavy atom. The van der Waals surface area contributed by atoms with Crippen LogP contribution in [-0.4, -0.2) is 36.5 Å². The summed E-state index contributed by atoms with van der Waals surface area (Å²) in [6.45, 7) is 6.59. The van der Waals surface area contributed by atoms with Crippen LogP contribution in [0.4, 0.5) is 0 Å². The first-order valence-electron chi connectivity index (χ1n) is 5.68. The molecule has 85 valence electrons. The zero-order chi connectivity index (χ0) is 11.5. The van der Waals surface area contributed by atoms with Crippen LogP contribution in [0, 0.1) is 13.0 Å². The third-order valence-corrected chi connectivity index (χ3v) is 2.95. The van der Waals surface area contributed by atoms with Gasteiger partial charge in [-0.25, -0.2) is 0 Å². The summed E-state index contributed by atoms with van der Waals surface area (Å²) in [5.41, 5.74) is 1.78. The van der Waals surface area contributed by atoms with Gasteiger partial charge in [0.25, 0.3) is 5.91 Å². The fourth-order valence-electron chi connectivity index (χ4n) is 2.00. The molecule has 0 bridgehead atoms. The minimum atomic E-state index is 0.0951. The standard InChI is InChI=1S/C13H17N2O/c1-10-4-3-5-12(8-10)13(16)15-7-6-14-9-11(15)2/h3-4,8,11,14H,6-7,9H2,1-2H3/t11-/m1/s1. The molecule has 0 aliphatic carbocycles. The van der Waals surface area contributed by atoms with Gasteiger partial charge >= 0.3 is 0 Å². The molecule has 1 aromatic carbocycles. The van der Waals surface area contributed by atoms with E-state index in [4.69, 9.17) is 0 Å². The Kier molecular flexibility index (Phi) is 3.25. The molecule has 16 heavy (non-hydrogen) atoms. The molecule has 1 aliphatic heterocycles. The Morgan fingerprint density at radius 3 is 3.12 bits per heavy atom. The smallest absolute Gasteiger partial charge is 0.254 e. The third kappa shape index (κ3) is 2.25. The SMILES string of the molecule is Cc1cc[c]c(C(=O)N2CCNC[C@H]2C)c1. The zero-order valence-corrected chi connectivity index (χ0v) is 9.79. The van der Waals surface area contributed by atoms with E-state index in [2.05, 4.69) is 18.3 Å². The molecule has 2 rings (SSSR count). The highest BCUT2D eigenvalue weighted by Gasteiger charge is 2.23. The lowest BCUT2D eigenvalue weighted by molar-refractivity contribution is 0.0655. The van der Waals surface area contributed by atoms with Crippen molar-refractivity contribution >= 4 is 5.91 Å². The van der Waals surface area contributed by atoms with E-state index >= 15 is 0 Å². The third-order valence-electron chi connectivity index (χ3n) is 2.95. The van der Waals surface area contributed by atoms with Crippen LogP contribution in [0.1, 0.15) is 22.8 Å². The van der Waals surface area contributed by atoms with Gasteiger partial charge in [-0.05, 0) is 26.0 Å². The molecule has 1 N–H and O–H groups in total. The van der Waals surface area contributed by atoms with Crippen molar-refractivity contribution in [3.63, 3.8) is 0 Å². The molecule has 1 atom stereocenters. The molecule has 0 spiro atoms. The average Bonchev–Trinajstić information content (AvgIpc) is 2.29. The second-order valence-electron chi connectivity index (χ2n) is 4.33. The van der Waals surface area contributed by atoms with Crippen molar-refractivity contribution in [1.82, 2.24) is 10.2 Å². The quantitative estimate of drug-likeness (QED) is 0.767. The summed E-state index contributed by atoms with van der Waals surface area (Å²) in [6, 6.07) is 8.95. The van der Waals surface area contributed by atoms with Crippen molar-refractivity contribution in [3.8, 4) is 0 Å². The van der Waals surface area contributed by atoms with Gasteiger partial charge in [0.05, 0.1) is 0 Å². The highest BCUT2D eigenvalue weighted by atomic mass is 16.2. The summed E-state index contributed by atoms with van der Waals surface area (Å²) in [7, 11) is 0. The van der Waals surface area contributed by atoms with Gasteiger partial charge in [-0.15, -0.1) is 0 Å². The highest BCUT2D eigenvalue weighted by molar-refractivity contribution is 5.94. The Labute approximate surface area is 96.5 Å². The lowest BCUT2D eigenvalue weighted by Gasteiger charge is -2.34. The molecule has 1 amide bonds. The Bertz CT molecular complexity index is 389. The Balaban J connectivity index is 2.17. The number of hydrogen-bond acceptors (Lipinski definition) is 2. The predicted molar refractivity (Wildman–Crippen MR) is 63.4 cm³/mol. The summed E-state index contributed by atoms with van der Waals surface area (Å²) in [5, 5.41) is 3.28. The fraction of sp³-hybridized carbons (Fsp3) is 0.462. The van der Waals surface area contributed by atoms with Gasteiger partial charge in [0.15, 0.2) is 0 Å². The summed E-state index contributed by atoms with van der Waals surface area (Å²) < 4.78 is 0. The van der Waals surface area contributed by atoms with Gasteiger partial charge in [0.2, 0.25) is 0 Å². The molecule has 1 saturated heterocycles. The van der Waals surface area contributed by atoms with Crippen LogP contribution >= 0.6 is 0 Å². The zero-order valence-electron chi connectivity index (χ0n) is 9.79. The van der Waals surface area contributed by atoms with Crippen LogP contribution in [-0.2, 0) is 0 Å². The first kappa shape index (κ1) is 11.1. The van der Waals surface area contributed by atoms with Crippen molar-refractivity contribution in [3.05, 3.63) is 35.4 Å². The van der Waals surface area contributed by atoms with Crippen molar-refractivity contribution in [2.45, 2.75) is 19.9 Å². The van der Waals surface area contributed by atoms with Gasteiger partial charge < -0.3 is 10.2 Å². The first-order valence-corrected chi connectivity index (χ1v) is 5.68. The number of nitrogens with one attached hydrogen (secondary N) is 1. The minimum Gasteiger partial charge on any atom is -0.333 e. The number of amides is 1. The maximum absolute atomic E-state index is 12.2. The molecule has 0 unspecified atom stereocenters. The molecule has 3 nitrogen and oxygen atoms in total. The van der Waals surface area contributed by atoms with Crippen LogP contribution in [0.3, 0.4) is 0 Å². The van der Waals surface area contributed by atoms with E-state index < -0.39 is 0 Å². The molecular formula is C13H17N2O. The van der Waals surface area contributed by atoms with E-state index in [0.717, 1.165) is 25.2 Å². The lowest BCUT2D eigenvalue weighted by Crippen LogP contribution is -2.52. The number of nitrogens with zero attached hydrogens (tertiary/aromatic N) is 1. The molecule has 3 heteroatoms. The van der Waals surface area contributed by atoms with E-state index in [1.165, 1.54) is 0 Å². The normalized spacial score (nSPS) is 20.9. The van der Waals surface area contributed by atoms with Crippen LogP contribution in [0.5, 0.6) is 0 Å². The van der Waals surface area contributed by atoms with Crippen LogP contribution in [0.25, 0.3) is 0 Å². The van der Waals surface area contributed by atoms with Crippen molar-refractivity contribution < 1.29 is 4.79 Å². The summed E-state index contributed by atoms with van der Waals surface area (Å²) in [5.74, 6) is 0.0951. The van der Waals surface area contributed by atoms with E-state index in [1.807, 2.05) is 30.0 Å². The molecular weight excluding hydrogens is 200 g/mol. The van der Waals surface area contributed by atoms with Gasteiger partial charge in [0.1, 0.15) is 0 Å². The second kappa shape index (κ2) is 4.66. The van der Waals surface area contributed by atoms with Crippen LogP contribution in [0.2, 0.25) is 0 Å². The number of carbonyl (C=O) groups is 1. The molecule has 1 heterocycles. The average molecular weight is 217 g/mol. The number of hydrogen-bond donors (Lipinski definition) is 1. The maximum Gasteiger partial charge on any atom is 0.254 e. The van der Waals surface area contributed by atoms with Crippen LogP contribution in [0.15, 0.2) is 18.2 Å². The fourth-order valence-corrected chi connectivity index (χ4v) is 2.00. The number of piperazine rings is 1. The van der Waals surface area contributed by atoms with Gasteiger partial charge in [0, 0.05) is 31.2 Å². The van der Waals surface area contributed by atoms with Gasteiger partial charge in [-0.2, -0.15) is 0 Å². The highest BCUT2D eigenvalue weighted by Crippen LogP contribution is 2.11. The minimum absolute atomic E-state index is 0.0951. The number of rotatable bonds is 1. The molecule has 1 aliphatic rings. The second-order valence-corrected chi connectivity index (χ2v) is 4.33. The summed E-state index contributed by atoms with van der Waals surface area (Å²) in [4.78, 5) is 14.1. The predicted octanol–water partition coefficient (Wildman–Crippen LogP) is 1.23. The van der Waals surface area contributed by atoms with Crippen molar-refractivity contribution in [1.29, 1.82) is 0 Å². The lowest BCUT2D eigenvalue weighted by atomic mass is 10.1. The summed E-state index contributed by atoms with van der Waals surface area (Å²) >= 11 is 0. The molecule has 1 radical (unpaired) electrons. The van der Waals surface area contributed by atoms with Crippen molar-refractivity contribution in [2.24, 2.45) is 0 Å². The summed E-state index contributed by atoms with van der Waals surface area (Å²) in [6.07, 6.45) is 0. The Hall–Kier alpha value is -1.35. The number of carbonyl (C=O) groups excluding carboxylic acids is 1. The number of aryl methyl sites for hydroxylation is 1.